The SMILES string of the molecule is CCOC(=O)[C@H](C#N)C=N[C@H](C)[C@H](c1ccccc1)[NH+]1CCOCC1. The van der Waals surface area contributed by atoms with E-state index in [4.69, 9.17) is 9.47 Å². The zero-order chi connectivity index (χ0) is 18.1. The van der Waals surface area contributed by atoms with Gasteiger partial charge in [-0.1, -0.05) is 30.3 Å². The Morgan fingerprint density at radius 2 is 2.08 bits per heavy atom. The lowest BCUT2D eigenvalue weighted by molar-refractivity contribution is -0.940. The van der Waals surface area contributed by atoms with Gasteiger partial charge in [0.2, 0.25) is 0 Å². The van der Waals surface area contributed by atoms with Crippen LogP contribution in [-0.2, 0) is 14.3 Å². The van der Waals surface area contributed by atoms with Crippen LogP contribution < -0.4 is 4.90 Å². The lowest BCUT2D eigenvalue weighted by Crippen LogP contribution is -3.15. The minimum absolute atomic E-state index is 0.0687. The Balaban J connectivity index is 2.17. The van der Waals surface area contributed by atoms with Crippen LogP contribution >= 0.6 is 0 Å². The summed E-state index contributed by atoms with van der Waals surface area (Å²) in [5, 5.41) is 9.18. The molecule has 1 saturated heterocycles. The van der Waals surface area contributed by atoms with Gasteiger partial charge in [-0.25, -0.2) is 0 Å². The Hall–Kier alpha value is -2.23. The fourth-order valence-electron chi connectivity index (χ4n) is 3.15. The largest absolute Gasteiger partial charge is 0.465 e. The zero-order valence-corrected chi connectivity index (χ0v) is 14.9. The molecule has 0 amide bonds. The molecule has 0 bridgehead atoms. The first-order chi connectivity index (χ1) is 12.2. The van der Waals surface area contributed by atoms with Crippen LogP contribution in [0.25, 0.3) is 0 Å². The van der Waals surface area contributed by atoms with E-state index in [9.17, 15) is 10.1 Å². The standard InChI is InChI=1S/C19H25N3O3/c1-3-25-19(23)17(13-20)14-21-15(2)18(16-7-5-4-6-8-16)22-9-11-24-12-10-22/h4-8,14-15,17-18H,3,9-12H2,1-2H3/p+1/t15-,17-,18-/m1/s1. The highest BCUT2D eigenvalue weighted by Crippen LogP contribution is 2.17. The summed E-state index contributed by atoms with van der Waals surface area (Å²) in [6, 6.07) is 12.3. The third-order valence-electron chi connectivity index (χ3n) is 4.37. The minimum Gasteiger partial charge on any atom is -0.465 e. The van der Waals surface area contributed by atoms with Gasteiger partial charge in [-0.3, -0.25) is 9.79 Å². The molecule has 1 aliphatic heterocycles. The first kappa shape index (κ1) is 19.1. The monoisotopic (exact) mass is 344 g/mol. The number of quaternary nitrogens is 1. The van der Waals surface area contributed by atoms with Crippen molar-refractivity contribution in [2.75, 3.05) is 32.9 Å². The Morgan fingerprint density at radius 1 is 1.40 bits per heavy atom. The number of hydrogen-bond donors (Lipinski definition) is 1. The molecule has 134 valence electrons. The molecule has 3 atom stereocenters. The van der Waals surface area contributed by atoms with Gasteiger partial charge in [0, 0.05) is 11.8 Å². The molecule has 1 heterocycles. The second kappa shape index (κ2) is 9.92. The Kier molecular flexibility index (Phi) is 7.58. The van der Waals surface area contributed by atoms with Crippen LogP contribution in [0.2, 0.25) is 0 Å². The molecule has 0 unspecified atom stereocenters. The van der Waals surface area contributed by atoms with Crippen molar-refractivity contribution in [2.45, 2.75) is 25.9 Å². The summed E-state index contributed by atoms with van der Waals surface area (Å²) in [6.45, 7) is 7.30. The van der Waals surface area contributed by atoms with E-state index < -0.39 is 11.9 Å². The highest BCUT2D eigenvalue weighted by atomic mass is 16.5. The Labute approximate surface area is 149 Å². The molecule has 2 rings (SSSR count). The Morgan fingerprint density at radius 3 is 2.68 bits per heavy atom. The van der Waals surface area contributed by atoms with E-state index in [1.807, 2.05) is 31.2 Å². The van der Waals surface area contributed by atoms with Gasteiger partial charge in [0.15, 0.2) is 5.92 Å². The summed E-state index contributed by atoms with van der Waals surface area (Å²) in [5.74, 6) is -1.51. The van der Waals surface area contributed by atoms with Crippen molar-refractivity contribution in [3.05, 3.63) is 35.9 Å². The summed E-state index contributed by atoms with van der Waals surface area (Å²) in [6.07, 6.45) is 1.43. The second-order valence-corrected chi connectivity index (χ2v) is 6.06. The first-order valence-electron chi connectivity index (χ1n) is 8.74. The highest BCUT2D eigenvalue weighted by Gasteiger charge is 2.31. The number of carbonyl (C=O) groups is 1. The molecule has 0 aromatic heterocycles. The normalized spacial score (nSPS) is 19.1. The lowest BCUT2D eigenvalue weighted by Gasteiger charge is -2.33. The first-order valence-corrected chi connectivity index (χ1v) is 8.74. The third-order valence-corrected chi connectivity index (χ3v) is 4.37. The molecule has 1 aromatic rings. The summed E-state index contributed by atoms with van der Waals surface area (Å²) in [5.41, 5.74) is 1.20. The summed E-state index contributed by atoms with van der Waals surface area (Å²) < 4.78 is 10.4. The van der Waals surface area contributed by atoms with Gasteiger partial charge in [0.05, 0.1) is 25.9 Å². The molecule has 0 spiro atoms. The molecule has 6 nitrogen and oxygen atoms in total. The average molecular weight is 344 g/mol. The maximum Gasteiger partial charge on any atom is 0.328 e. The van der Waals surface area contributed by atoms with E-state index >= 15 is 0 Å². The summed E-state index contributed by atoms with van der Waals surface area (Å²) in [4.78, 5) is 17.7. The Bertz CT molecular complexity index is 606. The van der Waals surface area contributed by atoms with E-state index in [1.54, 1.807) is 6.92 Å². The fraction of sp³-hybridized carbons (Fsp3) is 0.526. The van der Waals surface area contributed by atoms with Gasteiger partial charge < -0.3 is 14.4 Å². The summed E-state index contributed by atoms with van der Waals surface area (Å²) in [7, 11) is 0. The predicted octanol–water partition coefficient (Wildman–Crippen LogP) is 0.805. The topological polar surface area (TPSA) is 76.1 Å². The van der Waals surface area contributed by atoms with Crippen molar-refractivity contribution in [3.8, 4) is 6.07 Å². The molecule has 25 heavy (non-hydrogen) atoms. The number of nitriles is 1. The van der Waals surface area contributed by atoms with Gasteiger partial charge in [-0.05, 0) is 13.8 Å². The number of rotatable bonds is 7. The fourth-order valence-corrected chi connectivity index (χ4v) is 3.15. The molecule has 1 aromatic carbocycles. The van der Waals surface area contributed by atoms with Gasteiger partial charge in [-0.15, -0.1) is 0 Å². The lowest BCUT2D eigenvalue weighted by atomic mass is 9.98. The highest BCUT2D eigenvalue weighted by molar-refractivity contribution is 5.92. The van der Waals surface area contributed by atoms with Gasteiger partial charge in [-0.2, -0.15) is 5.26 Å². The van der Waals surface area contributed by atoms with Crippen molar-refractivity contribution in [3.63, 3.8) is 0 Å². The molecule has 0 saturated carbocycles. The smallest absolute Gasteiger partial charge is 0.328 e. The molecule has 6 heteroatoms. The zero-order valence-electron chi connectivity index (χ0n) is 14.9. The van der Waals surface area contributed by atoms with E-state index in [1.165, 1.54) is 16.7 Å². The van der Waals surface area contributed by atoms with Crippen molar-refractivity contribution in [2.24, 2.45) is 10.9 Å². The minimum atomic E-state index is -0.960. The van der Waals surface area contributed by atoms with Crippen LogP contribution in [0.1, 0.15) is 25.5 Å². The van der Waals surface area contributed by atoms with Crippen molar-refractivity contribution in [1.82, 2.24) is 0 Å². The molecule has 0 radical (unpaired) electrons. The van der Waals surface area contributed by atoms with E-state index in [2.05, 4.69) is 17.1 Å². The van der Waals surface area contributed by atoms with Crippen molar-refractivity contribution in [1.29, 1.82) is 5.26 Å². The number of morpholine rings is 1. The molecule has 1 aliphatic rings. The van der Waals surface area contributed by atoms with E-state index in [-0.39, 0.29) is 18.7 Å². The number of aliphatic imine (C=N–C) groups is 1. The number of ether oxygens (including phenoxy) is 2. The van der Waals surface area contributed by atoms with Gasteiger partial charge >= 0.3 is 5.97 Å². The van der Waals surface area contributed by atoms with Gasteiger partial charge in [0.1, 0.15) is 25.2 Å². The van der Waals surface area contributed by atoms with E-state index in [0.717, 1.165) is 26.3 Å². The second-order valence-electron chi connectivity index (χ2n) is 6.06. The maximum atomic E-state index is 11.8. The average Bonchev–Trinajstić information content (AvgIpc) is 2.64. The molecule has 1 N–H and O–H groups in total. The van der Waals surface area contributed by atoms with E-state index in [0.29, 0.717) is 0 Å². The van der Waals surface area contributed by atoms with Crippen LogP contribution in [-0.4, -0.2) is 51.1 Å². The molecule has 0 aliphatic carbocycles. The van der Waals surface area contributed by atoms with Crippen molar-refractivity contribution >= 4 is 12.2 Å². The van der Waals surface area contributed by atoms with Crippen LogP contribution in [0, 0.1) is 17.2 Å². The van der Waals surface area contributed by atoms with Crippen LogP contribution in [0.5, 0.6) is 0 Å². The summed E-state index contributed by atoms with van der Waals surface area (Å²) >= 11 is 0. The number of benzene rings is 1. The predicted molar refractivity (Wildman–Crippen MR) is 94.4 cm³/mol. The van der Waals surface area contributed by atoms with Gasteiger partial charge in [0.25, 0.3) is 0 Å². The number of nitrogens with zero attached hydrogens (tertiary/aromatic N) is 2. The molecular weight excluding hydrogens is 318 g/mol. The van der Waals surface area contributed by atoms with Crippen molar-refractivity contribution < 1.29 is 19.2 Å². The third kappa shape index (κ3) is 5.38. The number of nitrogens with one attached hydrogen (secondary N) is 1. The number of carbonyl (C=O) groups excluding carboxylic acids is 1. The number of hydrogen-bond acceptors (Lipinski definition) is 5. The van der Waals surface area contributed by atoms with Crippen LogP contribution in [0.15, 0.2) is 35.3 Å². The quantitative estimate of drug-likeness (QED) is 0.586. The molecule has 1 fully saturated rings. The maximum absolute atomic E-state index is 11.8. The van der Waals surface area contributed by atoms with Crippen LogP contribution in [0.4, 0.5) is 0 Å². The molecular formula is C19H26N3O3+. The van der Waals surface area contributed by atoms with Crippen LogP contribution in [0.3, 0.4) is 0 Å². The number of esters is 1.